The molecule has 1 aromatic carbocycles. The number of benzene rings is 1. The summed E-state index contributed by atoms with van der Waals surface area (Å²) in [5, 5.41) is 3.15. The van der Waals surface area contributed by atoms with Gasteiger partial charge in [0.25, 0.3) is 0 Å². The van der Waals surface area contributed by atoms with Gasteiger partial charge in [-0.15, -0.1) is 0 Å². The SMILES string of the molecule is C=C(CC)COc1ccc(C)cc1CNC. The van der Waals surface area contributed by atoms with Crippen molar-refractivity contribution in [2.45, 2.75) is 26.8 Å². The number of ether oxygens (including phenoxy) is 1. The Morgan fingerprint density at radius 1 is 1.44 bits per heavy atom. The largest absolute Gasteiger partial charge is 0.489 e. The summed E-state index contributed by atoms with van der Waals surface area (Å²) in [6.07, 6.45) is 0.965. The molecule has 1 aromatic rings. The van der Waals surface area contributed by atoms with Gasteiger partial charge >= 0.3 is 0 Å². The van der Waals surface area contributed by atoms with Crippen molar-refractivity contribution < 1.29 is 4.74 Å². The molecule has 2 heteroatoms. The van der Waals surface area contributed by atoms with Gasteiger partial charge in [-0.2, -0.15) is 0 Å². The molecule has 16 heavy (non-hydrogen) atoms. The number of aryl methyl sites for hydroxylation is 1. The summed E-state index contributed by atoms with van der Waals surface area (Å²) < 4.78 is 5.76. The van der Waals surface area contributed by atoms with E-state index in [-0.39, 0.29) is 0 Å². The molecule has 0 atom stereocenters. The fourth-order valence-electron chi connectivity index (χ4n) is 1.46. The number of hydrogen-bond donors (Lipinski definition) is 1. The Labute approximate surface area is 98.3 Å². The average molecular weight is 219 g/mol. The van der Waals surface area contributed by atoms with Crippen LogP contribution >= 0.6 is 0 Å². The van der Waals surface area contributed by atoms with Crippen molar-refractivity contribution in [1.82, 2.24) is 5.32 Å². The van der Waals surface area contributed by atoms with Crippen LogP contribution in [0.3, 0.4) is 0 Å². The van der Waals surface area contributed by atoms with Crippen LogP contribution in [0.5, 0.6) is 5.75 Å². The second-order valence-corrected chi connectivity index (χ2v) is 4.03. The van der Waals surface area contributed by atoms with Crippen molar-refractivity contribution >= 4 is 0 Å². The van der Waals surface area contributed by atoms with E-state index in [0.29, 0.717) is 6.61 Å². The third-order valence-electron chi connectivity index (χ3n) is 2.52. The first-order valence-corrected chi connectivity index (χ1v) is 5.71. The number of nitrogens with one attached hydrogen (secondary N) is 1. The lowest BCUT2D eigenvalue weighted by Crippen LogP contribution is -2.09. The minimum Gasteiger partial charge on any atom is -0.489 e. The molecule has 0 saturated carbocycles. The van der Waals surface area contributed by atoms with Gasteiger partial charge in [0.1, 0.15) is 12.4 Å². The summed E-state index contributed by atoms with van der Waals surface area (Å²) in [7, 11) is 1.94. The molecule has 0 amide bonds. The standard InChI is InChI=1S/C14H21NO/c1-5-11(2)10-16-14-7-6-12(3)8-13(14)9-15-4/h6-8,15H,2,5,9-10H2,1,3-4H3. The lowest BCUT2D eigenvalue weighted by molar-refractivity contribution is 0.344. The highest BCUT2D eigenvalue weighted by Gasteiger charge is 2.03. The molecule has 0 saturated heterocycles. The fourth-order valence-corrected chi connectivity index (χ4v) is 1.46. The second kappa shape index (κ2) is 6.33. The Kier molecular flexibility index (Phi) is 5.06. The van der Waals surface area contributed by atoms with Crippen molar-refractivity contribution in [1.29, 1.82) is 0 Å². The van der Waals surface area contributed by atoms with Crippen LogP contribution in [-0.4, -0.2) is 13.7 Å². The van der Waals surface area contributed by atoms with Crippen LogP contribution in [0.4, 0.5) is 0 Å². The van der Waals surface area contributed by atoms with E-state index in [9.17, 15) is 0 Å². The van der Waals surface area contributed by atoms with Gasteiger partial charge in [-0.3, -0.25) is 0 Å². The van der Waals surface area contributed by atoms with Gasteiger partial charge in [0.2, 0.25) is 0 Å². The third-order valence-corrected chi connectivity index (χ3v) is 2.52. The maximum absolute atomic E-state index is 5.76. The summed E-state index contributed by atoms with van der Waals surface area (Å²) in [5.41, 5.74) is 3.58. The molecule has 0 aliphatic rings. The van der Waals surface area contributed by atoms with Crippen LogP contribution in [0.2, 0.25) is 0 Å². The highest BCUT2D eigenvalue weighted by atomic mass is 16.5. The molecule has 0 unspecified atom stereocenters. The van der Waals surface area contributed by atoms with Crippen molar-refractivity contribution in [3.8, 4) is 5.75 Å². The highest BCUT2D eigenvalue weighted by molar-refractivity contribution is 5.37. The molecule has 0 bridgehead atoms. The van der Waals surface area contributed by atoms with Gasteiger partial charge in [0.05, 0.1) is 0 Å². The lowest BCUT2D eigenvalue weighted by atomic mass is 10.1. The van der Waals surface area contributed by atoms with Crippen LogP contribution in [0.15, 0.2) is 30.4 Å². The maximum Gasteiger partial charge on any atom is 0.124 e. The van der Waals surface area contributed by atoms with E-state index < -0.39 is 0 Å². The molecule has 0 aliphatic heterocycles. The van der Waals surface area contributed by atoms with E-state index in [2.05, 4.69) is 37.9 Å². The first-order chi connectivity index (χ1) is 7.67. The molecule has 0 aromatic heterocycles. The summed E-state index contributed by atoms with van der Waals surface area (Å²) in [6, 6.07) is 6.26. The Morgan fingerprint density at radius 3 is 2.81 bits per heavy atom. The van der Waals surface area contributed by atoms with E-state index in [0.717, 1.165) is 24.3 Å². The monoisotopic (exact) mass is 219 g/mol. The summed E-state index contributed by atoms with van der Waals surface area (Å²) >= 11 is 0. The molecule has 0 fully saturated rings. The molecule has 2 nitrogen and oxygen atoms in total. The molecular formula is C14H21NO. The highest BCUT2D eigenvalue weighted by Crippen LogP contribution is 2.20. The molecule has 1 rings (SSSR count). The molecule has 0 aliphatic carbocycles. The van der Waals surface area contributed by atoms with Gasteiger partial charge in [0, 0.05) is 12.1 Å². The van der Waals surface area contributed by atoms with Crippen LogP contribution in [0, 0.1) is 6.92 Å². The predicted octanol–water partition coefficient (Wildman–Crippen LogP) is 3.06. The van der Waals surface area contributed by atoms with E-state index in [1.54, 1.807) is 0 Å². The van der Waals surface area contributed by atoms with Gasteiger partial charge in [-0.25, -0.2) is 0 Å². The van der Waals surface area contributed by atoms with Gasteiger partial charge in [0.15, 0.2) is 0 Å². The minimum absolute atomic E-state index is 0.607. The average Bonchev–Trinajstić information content (AvgIpc) is 2.28. The molecule has 0 radical (unpaired) electrons. The van der Waals surface area contributed by atoms with Gasteiger partial charge < -0.3 is 10.1 Å². The first kappa shape index (κ1) is 12.8. The lowest BCUT2D eigenvalue weighted by Gasteiger charge is -2.12. The van der Waals surface area contributed by atoms with E-state index in [1.165, 1.54) is 11.1 Å². The van der Waals surface area contributed by atoms with Crippen LogP contribution in [0.25, 0.3) is 0 Å². The summed E-state index contributed by atoms with van der Waals surface area (Å²) in [5.74, 6) is 0.953. The van der Waals surface area contributed by atoms with Crippen LogP contribution in [-0.2, 0) is 6.54 Å². The topological polar surface area (TPSA) is 21.3 Å². The fraction of sp³-hybridized carbons (Fsp3) is 0.429. The van der Waals surface area contributed by atoms with Gasteiger partial charge in [-0.1, -0.05) is 31.2 Å². The zero-order valence-electron chi connectivity index (χ0n) is 10.5. The smallest absolute Gasteiger partial charge is 0.124 e. The predicted molar refractivity (Wildman–Crippen MR) is 68.9 cm³/mol. The Hall–Kier alpha value is -1.28. The van der Waals surface area contributed by atoms with Gasteiger partial charge in [-0.05, 0) is 32.0 Å². The van der Waals surface area contributed by atoms with Crippen molar-refractivity contribution in [2.75, 3.05) is 13.7 Å². The van der Waals surface area contributed by atoms with Crippen LogP contribution in [0.1, 0.15) is 24.5 Å². The second-order valence-electron chi connectivity index (χ2n) is 4.03. The third kappa shape index (κ3) is 3.70. The summed E-state index contributed by atoms with van der Waals surface area (Å²) in [6.45, 7) is 9.56. The van der Waals surface area contributed by atoms with Crippen LogP contribution < -0.4 is 10.1 Å². The minimum atomic E-state index is 0.607. The Morgan fingerprint density at radius 2 is 2.19 bits per heavy atom. The van der Waals surface area contributed by atoms with Crippen molar-refractivity contribution in [3.05, 3.63) is 41.5 Å². The zero-order valence-corrected chi connectivity index (χ0v) is 10.5. The molecular weight excluding hydrogens is 198 g/mol. The Bertz CT molecular complexity index is 358. The first-order valence-electron chi connectivity index (χ1n) is 5.71. The quantitative estimate of drug-likeness (QED) is 0.742. The van der Waals surface area contributed by atoms with E-state index >= 15 is 0 Å². The number of rotatable bonds is 6. The summed E-state index contributed by atoms with van der Waals surface area (Å²) in [4.78, 5) is 0. The number of hydrogen-bond acceptors (Lipinski definition) is 2. The van der Waals surface area contributed by atoms with Crippen molar-refractivity contribution in [2.24, 2.45) is 0 Å². The van der Waals surface area contributed by atoms with Crippen molar-refractivity contribution in [3.63, 3.8) is 0 Å². The molecule has 0 spiro atoms. The zero-order chi connectivity index (χ0) is 12.0. The normalized spacial score (nSPS) is 10.2. The maximum atomic E-state index is 5.76. The molecule has 0 heterocycles. The molecule has 88 valence electrons. The Balaban J connectivity index is 2.73. The van der Waals surface area contributed by atoms with E-state index in [4.69, 9.17) is 4.74 Å². The van der Waals surface area contributed by atoms with E-state index in [1.807, 2.05) is 13.1 Å². The molecule has 1 N–H and O–H groups in total.